The molecule has 0 radical (unpaired) electrons. The highest BCUT2D eigenvalue weighted by Crippen LogP contribution is 2.32. The maximum atomic E-state index is 11.3. The first-order valence-electron chi connectivity index (χ1n) is 5.32. The highest BCUT2D eigenvalue weighted by Gasteiger charge is 2.06. The molecule has 0 spiro atoms. The summed E-state index contributed by atoms with van der Waals surface area (Å²) < 4.78 is 1.30. The average molecular weight is 258 g/mol. The molecule has 0 atom stereocenters. The summed E-state index contributed by atoms with van der Waals surface area (Å²) >= 11 is 3.31. The van der Waals surface area contributed by atoms with Crippen molar-refractivity contribution in [2.75, 3.05) is 0 Å². The minimum Gasteiger partial charge on any atom is -0.294 e. The molecule has 1 nitrogen and oxygen atoms in total. The van der Waals surface area contributed by atoms with Gasteiger partial charge in [0, 0.05) is 9.58 Å². The van der Waals surface area contributed by atoms with Crippen molar-refractivity contribution >= 4 is 38.5 Å². The first kappa shape index (κ1) is 10.7. The van der Waals surface area contributed by atoms with Gasteiger partial charge in [-0.3, -0.25) is 4.79 Å². The Hall–Kier alpha value is -1.45. The molecule has 2 aromatic heterocycles. The Balaban J connectivity index is 2.09. The van der Waals surface area contributed by atoms with E-state index in [0.29, 0.717) is 0 Å². The van der Waals surface area contributed by atoms with Crippen LogP contribution in [0, 0.1) is 0 Å². The fourth-order valence-corrected chi connectivity index (χ4v) is 3.47. The minimum atomic E-state index is 0.137. The molecule has 3 aromatic rings. The van der Waals surface area contributed by atoms with Crippen molar-refractivity contribution < 1.29 is 4.79 Å². The molecule has 0 aliphatic rings. The SMILES string of the molecule is CC(=O)c1ccc(-c2ccc3sccc3c2)s1. The van der Waals surface area contributed by atoms with E-state index in [2.05, 4.69) is 29.6 Å². The third-order valence-corrected chi connectivity index (χ3v) is 4.82. The van der Waals surface area contributed by atoms with E-state index in [1.807, 2.05) is 12.1 Å². The zero-order valence-corrected chi connectivity index (χ0v) is 10.9. The summed E-state index contributed by atoms with van der Waals surface area (Å²) in [6, 6.07) is 12.5. The number of hydrogen-bond donors (Lipinski definition) is 0. The molecule has 0 saturated carbocycles. The van der Waals surface area contributed by atoms with Gasteiger partial charge < -0.3 is 0 Å². The number of benzene rings is 1. The van der Waals surface area contributed by atoms with Gasteiger partial charge in [0.1, 0.15) is 0 Å². The first-order valence-corrected chi connectivity index (χ1v) is 7.02. The number of thiophene rings is 2. The summed E-state index contributed by atoms with van der Waals surface area (Å²) in [6.07, 6.45) is 0. The van der Waals surface area contributed by atoms with Gasteiger partial charge >= 0.3 is 0 Å². The highest BCUT2D eigenvalue weighted by molar-refractivity contribution is 7.17. The van der Waals surface area contributed by atoms with Crippen LogP contribution in [0.2, 0.25) is 0 Å². The van der Waals surface area contributed by atoms with Crippen molar-refractivity contribution in [2.24, 2.45) is 0 Å². The normalized spacial score (nSPS) is 10.9. The molecule has 0 N–H and O–H groups in total. The topological polar surface area (TPSA) is 17.1 Å². The Morgan fingerprint density at radius 3 is 2.76 bits per heavy atom. The van der Waals surface area contributed by atoms with Gasteiger partial charge in [-0.05, 0) is 53.6 Å². The van der Waals surface area contributed by atoms with Gasteiger partial charge in [0.25, 0.3) is 0 Å². The van der Waals surface area contributed by atoms with Crippen LogP contribution in [-0.2, 0) is 0 Å². The van der Waals surface area contributed by atoms with Crippen LogP contribution in [0.3, 0.4) is 0 Å². The summed E-state index contributed by atoms with van der Waals surface area (Å²) in [7, 11) is 0. The maximum Gasteiger partial charge on any atom is 0.169 e. The monoisotopic (exact) mass is 258 g/mol. The van der Waals surface area contributed by atoms with Crippen LogP contribution in [0.1, 0.15) is 16.6 Å². The smallest absolute Gasteiger partial charge is 0.169 e. The number of carbonyl (C=O) groups excluding carboxylic acids is 1. The minimum absolute atomic E-state index is 0.137. The van der Waals surface area contributed by atoms with Crippen LogP contribution < -0.4 is 0 Å². The van der Waals surface area contributed by atoms with E-state index < -0.39 is 0 Å². The Morgan fingerprint density at radius 1 is 1.12 bits per heavy atom. The molecule has 3 rings (SSSR count). The number of rotatable bonds is 2. The molecule has 0 unspecified atom stereocenters. The molecular weight excluding hydrogens is 248 g/mol. The van der Waals surface area contributed by atoms with E-state index in [4.69, 9.17) is 0 Å². The summed E-state index contributed by atoms with van der Waals surface area (Å²) in [6.45, 7) is 1.61. The third kappa shape index (κ3) is 1.92. The van der Waals surface area contributed by atoms with Crippen LogP contribution in [0.5, 0.6) is 0 Å². The van der Waals surface area contributed by atoms with Gasteiger partial charge in [-0.2, -0.15) is 0 Å². The molecule has 0 aliphatic carbocycles. The van der Waals surface area contributed by atoms with E-state index in [9.17, 15) is 4.79 Å². The molecule has 3 heteroatoms. The number of hydrogen-bond acceptors (Lipinski definition) is 3. The van der Waals surface area contributed by atoms with Gasteiger partial charge in [-0.25, -0.2) is 0 Å². The van der Waals surface area contributed by atoms with Gasteiger partial charge in [0.15, 0.2) is 5.78 Å². The molecule has 0 fully saturated rings. The molecule has 0 saturated heterocycles. The Morgan fingerprint density at radius 2 is 2.00 bits per heavy atom. The second-order valence-corrected chi connectivity index (χ2v) is 5.92. The molecule has 17 heavy (non-hydrogen) atoms. The van der Waals surface area contributed by atoms with E-state index in [1.165, 1.54) is 15.6 Å². The molecule has 0 aliphatic heterocycles. The zero-order valence-electron chi connectivity index (χ0n) is 9.27. The van der Waals surface area contributed by atoms with Crippen LogP contribution in [-0.4, -0.2) is 5.78 Å². The quantitative estimate of drug-likeness (QED) is 0.601. The summed E-state index contributed by atoms with van der Waals surface area (Å²) in [5, 5.41) is 3.37. The van der Waals surface area contributed by atoms with E-state index in [1.54, 1.807) is 29.6 Å². The van der Waals surface area contributed by atoms with E-state index in [0.717, 1.165) is 9.75 Å². The predicted molar refractivity (Wildman–Crippen MR) is 75.1 cm³/mol. The second kappa shape index (κ2) is 4.09. The number of Topliss-reactive ketones (excluding diaryl/α,β-unsaturated/α-hetero) is 1. The van der Waals surface area contributed by atoms with Crippen LogP contribution in [0.25, 0.3) is 20.5 Å². The molecule has 2 heterocycles. The second-order valence-electron chi connectivity index (χ2n) is 3.89. The zero-order chi connectivity index (χ0) is 11.8. The third-order valence-electron chi connectivity index (χ3n) is 2.69. The molecule has 0 amide bonds. The number of carbonyl (C=O) groups is 1. The van der Waals surface area contributed by atoms with Crippen molar-refractivity contribution in [1.29, 1.82) is 0 Å². The average Bonchev–Trinajstić information content (AvgIpc) is 2.97. The van der Waals surface area contributed by atoms with Crippen LogP contribution in [0.15, 0.2) is 41.8 Å². The molecule has 84 valence electrons. The number of ketones is 1. The maximum absolute atomic E-state index is 11.3. The van der Waals surface area contributed by atoms with Crippen molar-refractivity contribution in [3.63, 3.8) is 0 Å². The van der Waals surface area contributed by atoms with Gasteiger partial charge in [0.05, 0.1) is 4.88 Å². The van der Waals surface area contributed by atoms with Gasteiger partial charge in [0.2, 0.25) is 0 Å². The van der Waals surface area contributed by atoms with E-state index in [-0.39, 0.29) is 5.78 Å². The van der Waals surface area contributed by atoms with Crippen molar-refractivity contribution in [1.82, 2.24) is 0 Å². The molecular formula is C14H10OS2. The Kier molecular flexibility index (Phi) is 2.57. The lowest BCUT2D eigenvalue weighted by atomic mass is 10.1. The first-order chi connectivity index (χ1) is 8.24. The lowest BCUT2D eigenvalue weighted by molar-refractivity contribution is 0.102. The van der Waals surface area contributed by atoms with Crippen molar-refractivity contribution in [3.05, 3.63) is 46.7 Å². The fraction of sp³-hybridized carbons (Fsp3) is 0.0714. The summed E-state index contributed by atoms with van der Waals surface area (Å²) in [5.74, 6) is 0.137. The standard InChI is InChI=1S/C14H10OS2/c1-9(15)12-4-5-14(17-12)10-2-3-13-11(8-10)6-7-16-13/h2-8H,1H3. The van der Waals surface area contributed by atoms with Crippen molar-refractivity contribution in [3.8, 4) is 10.4 Å². The molecule has 1 aromatic carbocycles. The van der Waals surface area contributed by atoms with Crippen LogP contribution in [0.4, 0.5) is 0 Å². The largest absolute Gasteiger partial charge is 0.294 e. The van der Waals surface area contributed by atoms with Gasteiger partial charge in [-0.15, -0.1) is 22.7 Å². The van der Waals surface area contributed by atoms with Crippen molar-refractivity contribution in [2.45, 2.75) is 6.92 Å². The van der Waals surface area contributed by atoms with Gasteiger partial charge in [-0.1, -0.05) is 6.07 Å². The Labute approximate surface area is 107 Å². The number of fused-ring (bicyclic) bond motifs is 1. The Bertz CT molecular complexity index is 691. The lowest BCUT2D eigenvalue weighted by Gasteiger charge is -1.97. The highest BCUT2D eigenvalue weighted by atomic mass is 32.1. The molecule has 0 bridgehead atoms. The van der Waals surface area contributed by atoms with E-state index >= 15 is 0 Å². The predicted octanol–water partition coefficient (Wildman–Crippen LogP) is 4.83. The summed E-state index contributed by atoms with van der Waals surface area (Å²) in [4.78, 5) is 13.3. The fourth-order valence-electron chi connectivity index (χ4n) is 1.80. The summed E-state index contributed by atoms with van der Waals surface area (Å²) in [5.41, 5.74) is 1.19. The lowest BCUT2D eigenvalue weighted by Crippen LogP contribution is -1.83. The van der Waals surface area contributed by atoms with Crippen LogP contribution >= 0.6 is 22.7 Å².